The third-order valence-corrected chi connectivity index (χ3v) is 1.90. The summed E-state index contributed by atoms with van der Waals surface area (Å²) in [5.41, 5.74) is 0.998. The summed E-state index contributed by atoms with van der Waals surface area (Å²) in [4.78, 5) is 25.4. The van der Waals surface area contributed by atoms with Crippen molar-refractivity contribution < 1.29 is 19.2 Å². The first kappa shape index (κ1) is 14.6. The number of nitrogens with zero attached hydrogens (tertiary/aromatic N) is 3. The van der Waals surface area contributed by atoms with Crippen molar-refractivity contribution in [1.82, 2.24) is 4.98 Å². The maximum absolute atomic E-state index is 11.6. The Balaban J connectivity index is 3.20. The van der Waals surface area contributed by atoms with E-state index in [0.29, 0.717) is 11.3 Å². The van der Waals surface area contributed by atoms with Crippen LogP contribution in [0.4, 0.5) is 0 Å². The van der Waals surface area contributed by atoms with Crippen LogP contribution < -0.4 is 4.84 Å². The molecule has 1 aromatic rings. The van der Waals surface area contributed by atoms with E-state index in [-0.39, 0.29) is 11.6 Å². The van der Waals surface area contributed by atoms with Gasteiger partial charge in [-0.25, -0.2) is 9.78 Å². The predicted molar refractivity (Wildman–Crippen MR) is 69.2 cm³/mol. The number of carbonyl (C=O) groups is 1. The molecule has 0 aromatic carbocycles. The second-order valence-corrected chi connectivity index (χ2v) is 3.60. The van der Waals surface area contributed by atoms with E-state index in [1.165, 1.54) is 20.4 Å². The van der Waals surface area contributed by atoms with E-state index in [1.54, 1.807) is 26.0 Å². The Morgan fingerprint density at radius 3 is 2.58 bits per heavy atom. The van der Waals surface area contributed by atoms with E-state index in [1.807, 2.05) is 0 Å². The van der Waals surface area contributed by atoms with Gasteiger partial charge < -0.3 is 14.4 Å². The first-order valence-electron chi connectivity index (χ1n) is 5.43. The van der Waals surface area contributed by atoms with Gasteiger partial charge in [0, 0.05) is 6.20 Å². The Morgan fingerprint density at radius 1 is 1.26 bits per heavy atom. The topological polar surface area (TPSA) is 82.4 Å². The molecule has 0 saturated heterocycles. The second kappa shape index (κ2) is 7.10. The summed E-state index contributed by atoms with van der Waals surface area (Å²) < 4.78 is 4.63. The van der Waals surface area contributed by atoms with Gasteiger partial charge in [0.15, 0.2) is 5.71 Å². The molecule has 0 atom stereocenters. The highest BCUT2D eigenvalue weighted by Crippen LogP contribution is 2.17. The smallest absolute Gasteiger partial charge is 0.360 e. The molecule has 0 bridgehead atoms. The van der Waals surface area contributed by atoms with Crippen molar-refractivity contribution >= 4 is 17.4 Å². The van der Waals surface area contributed by atoms with Crippen LogP contribution in [0.5, 0.6) is 5.88 Å². The van der Waals surface area contributed by atoms with Gasteiger partial charge in [0.1, 0.15) is 7.11 Å². The fourth-order valence-electron chi connectivity index (χ4n) is 1.16. The van der Waals surface area contributed by atoms with Gasteiger partial charge in [-0.05, 0) is 26.0 Å². The van der Waals surface area contributed by atoms with Crippen molar-refractivity contribution in [1.29, 1.82) is 0 Å². The van der Waals surface area contributed by atoms with Gasteiger partial charge in [0.25, 0.3) is 5.88 Å². The normalized spacial score (nSPS) is 10.6. The van der Waals surface area contributed by atoms with Crippen molar-refractivity contribution in [3.63, 3.8) is 0 Å². The lowest BCUT2D eigenvalue weighted by Gasteiger charge is -2.07. The molecule has 0 radical (unpaired) electrons. The molecule has 0 amide bonds. The number of pyridine rings is 1. The van der Waals surface area contributed by atoms with E-state index < -0.39 is 5.97 Å². The minimum absolute atomic E-state index is 0.0444. The van der Waals surface area contributed by atoms with Crippen LogP contribution >= 0.6 is 0 Å². The van der Waals surface area contributed by atoms with Gasteiger partial charge in [0.2, 0.25) is 0 Å². The molecule has 0 aliphatic rings. The van der Waals surface area contributed by atoms with E-state index in [2.05, 4.69) is 24.9 Å². The second-order valence-electron chi connectivity index (χ2n) is 3.60. The molecule has 102 valence electrons. The monoisotopic (exact) mass is 265 g/mol. The summed E-state index contributed by atoms with van der Waals surface area (Å²) in [6.07, 6.45) is 1.51. The van der Waals surface area contributed by atoms with Gasteiger partial charge in [-0.2, -0.15) is 0 Å². The van der Waals surface area contributed by atoms with Crippen LogP contribution in [0.15, 0.2) is 28.6 Å². The summed E-state index contributed by atoms with van der Waals surface area (Å²) in [7, 11) is 2.58. The molecule has 1 heterocycles. The third kappa shape index (κ3) is 4.06. The molecular weight excluding hydrogens is 250 g/mol. The lowest BCUT2D eigenvalue weighted by Crippen LogP contribution is -2.18. The lowest BCUT2D eigenvalue weighted by molar-refractivity contribution is -0.132. The van der Waals surface area contributed by atoms with Crippen LogP contribution in [0.25, 0.3) is 0 Å². The molecule has 0 spiro atoms. The molecule has 0 aliphatic heterocycles. The molecule has 0 fully saturated rings. The highest BCUT2D eigenvalue weighted by molar-refractivity contribution is 6.43. The van der Waals surface area contributed by atoms with Crippen molar-refractivity contribution in [2.24, 2.45) is 10.3 Å². The summed E-state index contributed by atoms with van der Waals surface area (Å²) in [6, 6.07) is 3.25. The van der Waals surface area contributed by atoms with Gasteiger partial charge in [-0.15, -0.1) is 0 Å². The summed E-state index contributed by atoms with van der Waals surface area (Å²) >= 11 is 0. The van der Waals surface area contributed by atoms with Crippen molar-refractivity contribution in [2.45, 2.75) is 13.8 Å². The average Bonchev–Trinajstić information content (AvgIpc) is 2.42. The number of carbonyl (C=O) groups excluding carboxylic acids is 1. The Labute approximate surface area is 110 Å². The fourth-order valence-corrected chi connectivity index (χ4v) is 1.16. The molecule has 1 rings (SSSR count). The molecule has 1 aromatic heterocycles. The molecule has 7 heteroatoms. The SMILES string of the molecule is CO/N=C(\C(=O)OC)c1cccnc1ON=C(C)C. The summed E-state index contributed by atoms with van der Waals surface area (Å²) in [6.45, 7) is 3.54. The minimum Gasteiger partial charge on any atom is -0.464 e. The van der Waals surface area contributed by atoms with Crippen LogP contribution in [0.3, 0.4) is 0 Å². The predicted octanol–water partition coefficient (Wildman–Crippen LogP) is 1.38. The molecule has 7 nitrogen and oxygen atoms in total. The first-order valence-corrected chi connectivity index (χ1v) is 5.43. The number of esters is 1. The Morgan fingerprint density at radius 2 is 2.00 bits per heavy atom. The third-order valence-electron chi connectivity index (χ3n) is 1.90. The Bertz CT molecular complexity index is 507. The van der Waals surface area contributed by atoms with Crippen molar-refractivity contribution in [2.75, 3.05) is 14.2 Å². The zero-order chi connectivity index (χ0) is 14.3. The van der Waals surface area contributed by atoms with E-state index in [0.717, 1.165) is 0 Å². The van der Waals surface area contributed by atoms with Gasteiger partial charge >= 0.3 is 5.97 Å². The van der Waals surface area contributed by atoms with Gasteiger partial charge in [-0.3, -0.25) is 0 Å². The number of hydrogen-bond donors (Lipinski definition) is 0. The molecule has 0 N–H and O–H groups in total. The molecule has 19 heavy (non-hydrogen) atoms. The zero-order valence-corrected chi connectivity index (χ0v) is 11.2. The highest BCUT2D eigenvalue weighted by Gasteiger charge is 2.21. The van der Waals surface area contributed by atoms with Gasteiger partial charge in [0.05, 0.1) is 18.4 Å². The summed E-state index contributed by atoms with van der Waals surface area (Å²) in [5, 5.41) is 7.42. The standard InChI is InChI=1S/C12H15N3O4/c1-8(2)14-19-11-9(6-5-7-13-11)10(15-18-4)12(16)17-3/h5-7H,1-4H3/b15-10-. The maximum Gasteiger partial charge on any atom is 0.360 e. The molecular formula is C12H15N3O4. The number of rotatable bonds is 5. The zero-order valence-electron chi connectivity index (χ0n) is 11.2. The number of methoxy groups -OCH3 is 1. The van der Waals surface area contributed by atoms with Gasteiger partial charge in [-0.1, -0.05) is 10.3 Å². The first-order chi connectivity index (χ1) is 9.10. The minimum atomic E-state index is -0.656. The van der Waals surface area contributed by atoms with Crippen LogP contribution in [0.2, 0.25) is 0 Å². The largest absolute Gasteiger partial charge is 0.464 e. The van der Waals surface area contributed by atoms with Crippen LogP contribution in [0.1, 0.15) is 19.4 Å². The Hall–Kier alpha value is -2.44. The van der Waals surface area contributed by atoms with E-state index >= 15 is 0 Å². The molecule has 0 unspecified atom stereocenters. The van der Waals surface area contributed by atoms with Crippen LogP contribution in [-0.4, -0.2) is 36.6 Å². The fraction of sp³-hybridized carbons (Fsp3) is 0.333. The average molecular weight is 265 g/mol. The van der Waals surface area contributed by atoms with Crippen LogP contribution in [-0.2, 0) is 14.4 Å². The molecule has 0 aliphatic carbocycles. The van der Waals surface area contributed by atoms with E-state index in [9.17, 15) is 4.79 Å². The van der Waals surface area contributed by atoms with Crippen molar-refractivity contribution in [3.8, 4) is 5.88 Å². The number of hydrogen-bond acceptors (Lipinski definition) is 7. The quantitative estimate of drug-likeness (QED) is 0.456. The maximum atomic E-state index is 11.6. The Kier molecular flexibility index (Phi) is 5.46. The summed E-state index contributed by atoms with van der Waals surface area (Å²) in [5.74, 6) is -0.512. The number of oxime groups is 2. The number of ether oxygens (including phenoxy) is 1. The lowest BCUT2D eigenvalue weighted by atomic mass is 10.1. The molecule has 0 saturated carbocycles. The highest BCUT2D eigenvalue weighted by atomic mass is 16.6. The van der Waals surface area contributed by atoms with E-state index in [4.69, 9.17) is 4.84 Å². The number of aromatic nitrogens is 1. The van der Waals surface area contributed by atoms with Crippen LogP contribution in [0, 0.1) is 0 Å². The van der Waals surface area contributed by atoms with Crippen molar-refractivity contribution in [3.05, 3.63) is 23.9 Å².